The summed E-state index contributed by atoms with van der Waals surface area (Å²) < 4.78 is 3.04. The molecule has 1 N–H and O–H groups in total. The van der Waals surface area contributed by atoms with Crippen LogP contribution in [0, 0.1) is 13.8 Å². The molecule has 0 aliphatic rings. The summed E-state index contributed by atoms with van der Waals surface area (Å²) in [5.74, 6) is -0.0182. The summed E-state index contributed by atoms with van der Waals surface area (Å²) in [6.07, 6.45) is 0.390. The molecule has 0 spiro atoms. The van der Waals surface area contributed by atoms with Crippen LogP contribution in [-0.4, -0.2) is 20.7 Å². The highest BCUT2D eigenvalue weighted by Gasteiger charge is 2.08. The highest BCUT2D eigenvalue weighted by molar-refractivity contribution is 7.21. The fourth-order valence-electron chi connectivity index (χ4n) is 3.02. The maximum absolute atomic E-state index is 12.2. The molecule has 2 aromatic heterocycles. The number of nitrogens with one attached hydrogen (secondary N) is 1. The molecule has 2 aromatic carbocycles. The highest BCUT2D eigenvalue weighted by Crippen LogP contribution is 2.30. The van der Waals surface area contributed by atoms with E-state index in [1.807, 2.05) is 67.1 Å². The van der Waals surface area contributed by atoms with E-state index in [4.69, 9.17) is 0 Å². The zero-order valence-corrected chi connectivity index (χ0v) is 16.1. The lowest BCUT2D eigenvalue weighted by molar-refractivity contribution is -0.116. The summed E-state index contributed by atoms with van der Waals surface area (Å²) in [5, 5.41) is 8.31. The Morgan fingerprint density at radius 2 is 1.89 bits per heavy atom. The summed E-state index contributed by atoms with van der Waals surface area (Å²) in [4.78, 5) is 16.9. The number of para-hydroxylation sites is 1. The number of amides is 1. The second-order valence-corrected chi connectivity index (χ2v) is 7.54. The zero-order valence-electron chi connectivity index (χ0n) is 15.3. The fraction of sp³-hybridized carbons (Fsp3) is 0.190. The van der Waals surface area contributed by atoms with Crippen LogP contribution in [0.4, 0.5) is 5.69 Å². The van der Waals surface area contributed by atoms with Crippen molar-refractivity contribution in [2.75, 3.05) is 5.32 Å². The molecule has 0 radical (unpaired) electrons. The van der Waals surface area contributed by atoms with E-state index in [1.165, 1.54) is 4.70 Å². The molecule has 2 heterocycles. The third kappa shape index (κ3) is 3.90. The van der Waals surface area contributed by atoms with Gasteiger partial charge in [0.15, 0.2) is 0 Å². The van der Waals surface area contributed by atoms with Crippen molar-refractivity contribution >= 4 is 33.1 Å². The van der Waals surface area contributed by atoms with Gasteiger partial charge in [0.2, 0.25) is 5.91 Å². The predicted octanol–water partition coefficient (Wildman–Crippen LogP) is 4.81. The average Bonchev–Trinajstić information content (AvgIpc) is 3.23. The topological polar surface area (TPSA) is 59.8 Å². The van der Waals surface area contributed by atoms with Gasteiger partial charge in [-0.1, -0.05) is 12.1 Å². The number of hydrogen-bond donors (Lipinski definition) is 1. The van der Waals surface area contributed by atoms with Crippen molar-refractivity contribution in [3.05, 3.63) is 66.0 Å². The molecule has 1 amide bonds. The Labute approximate surface area is 161 Å². The van der Waals surface area contributed by atoms with E-state index in [1.54, 1.807) is 11.3 Å². The Morgan fingerprint density at radius 1 is 1.11 bits per heavy atom. The minimum absolute atomic E-state index is 0.0182. The number of thiazole rings is 1. The Kier molecular flexibility index (Phi) is 4.73. The molecule has 0 saturated carbocycles. The minimum atomic E-state index is -0.0182. The lowest BCUT2D eigenvalue weighted by Gasteiger charge is -2.07. The number of benzene rings is 2. The van der Waals surface area contributed by atoms with E-state index in [0.717, 1.165) is 33.2 Å². The number of carbonyl (C=O) groups excluding carboxylic acids is 1. The van der Waals surface area contributed by atoms with Crippen LogP contribution in [0.5, 0.6) is 0 Å². The summed E-state index contributed by atoms with van der Waals surface area (Å²) in [6.45, 7) is 4.53. The number of carbonyl (C=O) groups is 1. The Hall–Kier alpha value is -2.99. The van der Waals surface area contributed by atoms with Gasteiger partial charge >= 0.3 is 0 Å². The molecule has 27 heavy (non-hydrogen) atoms. The number of rotatable bonds is 5. The van der Waals surface area contributed by atoms with Crippen LogP contribution in [0.2, 0.25) is 0 Å². The van der Waals surface area contributed by atoms with Gasteiger partial charge in [0.05, 0.1) is 15.9 Å². The molecule has 0 bridgehead atoms. The van der Waals surface area contributed by atoms with Gasteiger partial charge < -0.3 is 5.32 Å². The zero-order chi connectivity index (χ0) is 18.8. The number of anilines is 1. The van der Waals surface area contributed by atoms with Gasteiger partial charge in [0.1, 0.15) is 5.01 Å². The second kappa shape index (κ2) is 7.32. The molecule has 0 unspecified atom stereocenters. The predicted molar refractivity (Wildman–Crippen MR) is 110 cm³/mol. The fourth-order valence-corrected chi connectivity index (χ4v) is 4.00. The van der Waals surface area contributed by atoms with Crippen LogP contribution in [0.3, 0.4) is 0 Å². The van der Waals surface area contributed by atoms with Crippen molar-refractivity contribution < 1.29 is 4.79 Å². The molecule has 0 atom stereocenters. The maximum atomic E-state index is 12.2. The van der Waals surface area contributed by atoms with E-state index in [9.17, 15) is 4.79 Å². The van der Waals surface area contributed by atoms with Gasteiger partial charge in [-0.05, 0) is 56.3 Å². The van der Waals surface area contributed by atoms with Gasteiger partial charge in [0.25, 0.3) is 0 Å². The number of aryl methyl sites for hydroxylation is 3. The highest BCUT2D eigenvalue weighted by atomic mass is 32.1. The largest absolute Gasteiger partial charge is 0.326 e. The van der Waals surface area contributed by atoms with E-state index in [2.05, 4.69) is 21.5 Å². The molecule has 5 nitrogen and oxygen atoms in total. The molecule has 0 aliphatic carbocycles. The molecule has 0 fully saturated rings. The molecule has 136 valence electrons. The van der Waals surface area contributed by atoms with E-state index >= 15 is 0 Å². The average molecular weight is 376 g/mol. The number of aromatic nitrogens is 3. The summed E-state index contributed by atoms with van der Waals surface area (Å²) >= 11 is 1.67. The van der Waals surface area contributed by atoms with Crippen LogP contribution in [0.25, 0.3) is 20.8 Å². The first kappa shape index (κ1) is 17.4. The minimum Gasteiger partial charge on any atom is -0.326 e. The molecule has 4 aromatic rings. The molecular formula is C21H20N4OS. The van der Waals surface area contributed by atoms with E-state index in [-0.39, 0.29) is 5.91 Å². The lowest BCUT2D eigenvalue weighted by atomic mass is 10.2. The summed E-state index contributed by atoms with van der Waals surface area (Å²) in [7, 11) is 0. The first-order valence-electron chi connectivity index (χ1n) is 8.85. The van der Waals surface area contributed by atoms with Crippen molar-refractivity contribution in [2.24, 2.45) is 0 Å². The molecule has 0 saturated heterocycles. The van der Waals surface area contributed by atoms with Gasteiger partial charge in [-0.15, -0.1) is 11.3 Å². The van der Waals surface area contributed by atoms with Crippen LogP contribution >= 0.6 is 11.3 Å². The van der Waals surface area contributed by atoms with Crippen LogP contribution in [0.1, 0.15) is 17.8 Å². The first-order chi connectivity index (χ1) is 13.1. The van der Waals surface area contributed by atoms with Gasteiger partial charge in [-0.3, -0.25) is 9.48 Å². The van der Waals surface area contributed by atoms with Gasteiger partial charge in [0, 0.05) is 29.9 Å². The monoisotopic (exact) mass is 376 g/mol. The summed E-state index contributed by atoms with van der Waals surface area (Å²) in [5.41, 5.74) is 4.90. The quantitative estimate of drug-likeness (QED) is 0.544. The smallest absolute Gasteiger partial charge is 0.226 e. The Balaban J connectivity index is 1.40. The van der Waals surface area contributed by atoms with Gasteiger partial charge in [-0.25, -0.2) is 4.98 Å². The molecule has 0 aliphatic heterocycles. The SMILES string of the molecule is Cc1cc(C)n(CCC(=O)Nc2ccc(-c3nc4ccccc4s3)cc2)n1. The Bertz CT molecular complexity index is 1060. The van der Waals surface area contributed by atoms with Gasteiger partial charge in [-0.2, -0.15) is 5.10 Å². The van der Waals surface area contributed by atoms with Crippen molar-refractivity contribution in [1.29, 1.82) is 0 Å². The van der Waals surface area contributed by atoms with Crippen molar-refractivity contribution in [2.45, 2.75) is 26.8 Å². The van der Waals surface area contributed by atoms with Crippen molar-refractivity contribution in [3.63, 3.8) is 0 Å². The lowest BCUT2D eigenvalue weighted by Crippen LogP contribution is -2.15. The third-order valence-electron chi connectivity index (χ3n) is 4.36. The van der Waals surface area contributed by atoms with Crippen LogP contribution in [-0.2, 0) is 11.3 Å². The maximum Gasteiger partial charge on any atom is 0.226 e. The van der Waals surface area contributed by atoms with Crippen molar-refractivity contribution in [1.82, 2.24) is 14.8 Å². The second-order valence-electron chi connectivity index (χ2n) is 6.51. The van der Waals surface area contributed by atoms with Crippen LogP contribution < -0.4 is 5.32 Å². The standard InChI is InChI=1S/C21H20N4OS/c1-14-13-15(2)25(24-14)12-11-20(26)22-17-9-7-16(8-10-17)21-23-18-5-3-4-6-19(18)27-21/h3-10,13H,11-12H2,1-2H3,(H,22,26). The normalized spacial score (nSPS) is 11.0. The third-order valence-corrected chi connectivity index (χ3v) is 5.45. The number of nitrogens with zero attached hydrogens (tertiary/aromatic N) is 3. The molecule has 6 heteroatoms. The number of hydrogen-bond acceptors (Lipinski definition) is 4. The van der Waals surface area contributed by atoms with Crippen molar-refractivity contribution in [3.8, 4) is 10.6 Å². The number of fused-ring (bicyclic) bond motifs is 1. The molecular weight excluding hydrogens is 356 g/mol. The first-order valence-corrected chi connectivity index (χ1v) is 9.67. The van der Waals surface area contributed by atoms with Crippen LogP contribution in [0.15, 0.2) is 54.6 Å². The Morgan fingerprint density at radius 3 is 2.59 bits per heavy atom. The summed E-state index contributed by atoms with van der Waals surface area (Å²) in [6, 6.07) is 18.0. The van der Waals surface area contributed by atoms with E-state index in [0.29, 0.717) is 13.0 Å². The molecule has 4 rings (SSSR count). The van der Waals surface area contributed by atoms with E-state index < -0.39 is 0 Å².